The zero-order valence-electron chi connectivity index (χ0n) is 13.2. The molecule has 0 radical (unpaired) electrons. The molecule has 0 aromatic heterocycles. The second kappa shape index (κ2) is 6.44. The number of aryl methyl sites for hydroxylation is 2. The van der Waals surface area contributed by atoms with Crippen LogP contribution in [0.15, 0.2) is 42.5 Å². The zero-order chi connectivity index (χ0) is 14.7. The van der Waals surface area contributed by atoms with Crippen LogP contribution in [0.5, 0.6) is 0 Å². The summed E-state index contributed by atoms with van der Waals surface area (Å²) in [5, 5.41) is 3.59. The molecule has 0 amide bonds. The van der Waals surface area contributed by atoms with Crippen LogP contribution in [0.4, 0.5) is 0 Å². The predicted molar refractivity (Wildman–Crippen MR) is 90.5 cm³/mol. The first-order valence-electron chi connectivity index (χ1n) is 8.18. The van der Waals surface area contributed by atoms with Gasteiger partial charge < -0.3 is 5.32 Å². The molecule has 0 heterocycles. The van der Waals surface area contributed by atoms with Crippen LogP contribution in [0.25, 0.3) is 11.1 Å². The fraction of sp³-hybridized carbons (Fsp3) is 0.400. The van der Waals surface area contributed by atoms with Gasteiger partial charge in [0.2, 0.25) is 0 Å². The lowest BCUT2D eigenvalue weighted by molar-refractivity contribution is 0.687. The Balaban J connectivity index is 1.79. The van der Waals surface area contributed by atoms with Crippen molar-refractivity contribution in [3.8, 4) is 11.1 Å². The molecule has 110 valence electrons. The van der Waals surface area contributed by atoms with E-state index in [4.69, 9.17) is 0 Å². The van der Waals surface area contributed by atoms with E-state index in [2.05, 4.69) is 61.6 Å². The van der Waals surface area contributed by atoms with Crippen LogP contribution in [-0.4, -0.2) is 6.04 Å². The highest BCUT2D eigenvalue weighted by molar-refractivity contribution is 5.68. The Hall–Kier alpha value is -1.60. The van der Waals surface area contributed by atoms with Crippen LogP contribution < -0.4 is 5.32 Å². The normalized spacial score (nSPS) is 14.4. The molecule has 1 nitrogen and oxygen atoms in total. The molecule has 2 aromatic carbocycles. The van der Waals surface area contributed by atoms with Gasteiger partial charge in [0.25, 0.3) is 0 Å². The fourth-order valence-electron chi connectivity index (χ4n) is 2.89. The zero-order valence-corrected chi connectivity index (χ0v) is 13.2. The van der Waals surface area contributed by atoms with Crippen LogP contribution in [0.1, 0.15) is 42.9 Å². The summed E-state index contributed by atoms with van der Waals surface area (Å²) in [5.74, 6) is 0. The Morgan fingerprint density at radius 3 is 2.62 bits per heavy atom. The van der Waals surface area contributed by atoms with Gasteiger partial charge in [-0.3, -0.25) is 0 Å². The average Bonchev–Trinajstić information content (AvgIpc) is 3.30. The van der Waals surface area contributed by atoms with E-state index in [9.17, 15) is 0 Å². The van der Waals surface area contributed by atoms with Crippen molar-refractivity contribution in [3.63, 3.8) is 0 Å². The lowest BCUT2D eigenvalue weighted by Crippen LogP contribution is -2.15. The summed E-state index contributed by atoms with van der Waals surface area (Å²) in [7, 11) is 0. The Labute approximate surface area is 128 Å². The van der Waals surface area contributed by atoms with E-state index in [0.29, 0.717) is 0 Å². The smallest absolute Gasteiger partial charge is 0.0208 e. The lowest BCUT2D eigenvalue weighted by atomic mass is 9.96. The van der Waals surface area contributed by atoms with Crippen LogP contribution in [0.3, 0.4) is 0 Å². The highest BCUT2D eigenvalue weighted by atomic mass is 14.9. The number of hydrogen-bond donors (Lipinski definition) is 1. The second-order valence-corrected chi connectivity index (χ2v) is 6.25. The van der Waals surface area contributed by atoms with Crippen LogP contribution in [-0.2, 0) is 13.0 Å². The third-order valence-corrected chi connectivity index (χ3v) is 4.24. The first kappa shape index (κ1) is 14.3. The maximum atomic E-state index is 3.59. The van der Waals surface area contributed by atoms with E-state index in [1.54, 1.807) is 0 Å². The van der Waals surface area contributed by atoms with E-state index < -0.39 is 0 Å². The molecule has 0 bridgehead atoms. The van der Waals surface area contributed by atoms with Crippen molar-refractivity contribution in [1.82, 2.24) is 5.32 Å². The van der Waals surface area contributed by atoms with Gasteiger partial charge in [0, 0.05) is 12.6 Å². The van der Waals surface area contributed by atoms with Crippen LogP contribution >= 0.6 is 0 Å². The molecule has 3 rings (SSSR count). The molecule has 2 aromatic rings. The van der Waals surface area contributed by atoms with Gasteiger partial charge in [-0.2, -0.15) is 0 Å². The molecular weight excluding hydrogens is 254 g/mol. The van der Waals surface area contributed by atoms with Crippen LogP contribution in [0.2, 0.25) is 0 Å². The Bertz CT molecular complexity index is 611. The summed E-state index contributed by atoms with van der Waals surface area (Å²) >= 11 is 0. The summed E-state index contributed by atoms with van der Waals surface area (Å²) in [6.45, 7) is 5.46. The Kier molecular flexibility index (Phi) is 4.40. The third-order valence-electron chi connectivity index (χ3n) is 4.24. The largest absolute Gasteiger partial charge is 0.310 e. The van der Waals surface area contributed by atoms with Crippen molar-refractivity contribution in [2.75, 3.05) is 0 Å². The highest BCUT2D eigenvalue weighted by Gasteiger charge is 2.19. The molecule has 0 atom stereocenters. The number of nitrogens with one attached hydrogen (secondary N) is 1. The van der Waals surface area contributed by atoms with E-state index in [-0.39, 0.29) is 0 Å². The van der Waals surface area contributed by atoms with Crippen molar-refractivity contribution in [3.05, 3.63) is 59.2 Å². The van der Waals surface area contributed by atoms with Gasteiger partial charge in [0.1, 0.15) is 0 Å². The highest BCUT2D eigenvalue weighted by Crippen LogP contribution is 2.26. The minimum atomic E-state index is 0.774. The quantitative estimate of drug-likeness (QED) is 0.795. The minimum Gasteiger partial charge on any atom is -0.310 e. The van der Waals surface area contributed by atoms with E-state index in [1.807, 2.05) is 0 Å². The van der Waals surface area contributed by atoms with Crippen molar-refractivity contribution in [2.45, 2.75) is 52.1 Å². The van der Waals surface area contributed by atoms with Gasteiger partial charge in [0.15, 0.2) is 0 Å². The standard InChI is InChI=1S/C20H25N/c1-3-5-16-6-4-7-18(13-16)20-11-8-17(12-15(20)2)14-21-19-9-10-19/h4,6-8,11-13,19,21H,3,5,9-10,14H2,1-2H3. The predicted octanol–water partition coefficient (Wildman–Crippen LogP) is 4.87. The molecule has 1 saturated carbocycles. The Morgan fingerprint density at radius 2 is 1.90 bits per heavy atom. The van der Waals surface area contributed by atoms with Gasteiger partial charge in [-0.25, -0.2) is 0 Å². The fourth-order valence-corrected chi connectivity index (χ4v) is 2.89. The molecular formula is C20H25N. The van der Waals surface area contributed by atoms with Gasteiger partial charge >= 0.3 is 0 Å². The SMILES string of the molecule is CCCc1cccc(-c2ccc(CNC3CC3)cc2C)c1. The van der Waals surface area contributed by atoms with Crippen LogP contribution in [0, 0.1) is 6.92 Å². The van der Waals surface area contributed by atoms with Crippen molar-refractivity contribution < 1.29 is 0 Å². The molecule has 1 N–H and O–H groups in total. The Morgan fingerprint density at radius 1 is 1.05 bits per heavy atom. The van der Waals surface area contributed by atoms with E-state index in [1.165, 1.54) is 47.1 Å². The van der Waals surface area contributed by atoms with Gasteiger partial charge in [0.05, 0.1) is 0 Å². The monoisotopic (exact) mass is 279 g/mol. The molecule has 0 spiro atoms. The molecule has 0 aliphatic heterocycles. The summed E-state index contributed by atoms with van der Waals surface area (Å²) in [6.07, 6.45) is 5.06. The minimum absolute atomic E-state index is 0.774. The number of benzene rings is 2. The number of rotatable bonds is 6. The maximum absolute atomic E-state index is 3.59. The lowest BCUT2D eigenvalue weighted by Gasteiger charge is -2.11. The van der Waals surface area contributed by atoms with Crippen molar-refractivity contribution >= 4 is 0 Å². The molecule has 0 saturated heterocycles. The first-order valence-corrected chi connectivity index (χ1v) is 8.18. The van der Waals surface area contributed by atoms with Gasteiger partial charge in [-0.05, 0) is 54.0 Å². The van der Waals surface area contributed by atoms with E-state index in [0.717, 1.165) is 19.0 Å². The topological polar surface area (TPSA) is 12.0 Å². The average molecular weight is 279 g/mol. The summed E-state index contributed by atoms with van der Waals surface area (Å²) in [5.41, 5.74) is 6.92. The maximum Gasteiger partial charge on any atom is 0.0208 e. The molecule has 1 fully saturated rings. The number of hydrogen-bond acceptors (Lipinski definition) is 1. The van der Waals surface area contributed by atoms with Crippen molar-refractivity contribution in [2.24, 2.45) is 0 Å². The van der Waals surface area contributed by atoms with Crippen molar-refractivity contribution in [1.29, 1.82) is 0 Å². The van der Waals surface area contributed by atoms with Gasteiger partial charge in [-0.1, -0.05) is 55.8 Å². The first-order chi connectivity index (χ1) is 10.3. The summed E-state index contributed by atoms with van der Waals surface area (Å²) in [4.78, 5) is 0. The third kappa shape index (κ3) is 3.74. The molecule has 0 unspecified atom stereocenters. The molecule has 1 aliphatic rings. The van der Waals surface area contributed by atoms with Gasteiger partial charge in [-0.15, -0.1) is 0 Å². The molecule has 1 aliphatic carbocycles. The van der Waals surface area contributed by atoms with E-state index >= 15 is 0 Å². The molecule has 21 heavy (non-hydrogen) atoms. The summed E-state index contributed by atoms with van der Waals surface area (Å²) < 4.78 is 0. The summed E-state index contributed by atoms with van der Waals surface area (Å²) in [6, 6.07) is 16.6. The molecule has 1 heteroatoms. The second-order valence-electron chi connectivity index (χ2n) is 6.25.